The Labute approximate surface area is 115 Å². The van der Waals surface area contributed by atoms with E-state index in [2.05, 4.69) is 15.6 Å². The van der Waals surface area contributed by atoms with Gasteiger partial charge < -0.3 is 16.4 Å². The average Bonchev–Trinajstić information content (AvgIpc) is 2.88. The van der Waals surface area contributed by atoms with Crippen molar-refractivity contribution in [1.82, 2.24) is 15.6 Å². The number of benzene rings is 1. The van der Waals surface area contributed by atoms with Crippen molar-refractivity contribution in [3.05, 3.63) is 40.7 Å². The van der Waals surface area contributed by atoms with Crippen LogP contribution in [0.1, 0.15) is 5.01 Å². The number of nitrogens with one attached hydrogen (secondary N) is 2. The molecule has 0 unspecified atom stereocenters. The Kier molecular flexibility index (Phi) is 4.88. The minimum Gasteiger partial charge on any atom is -0.352 e. The largest absolute Gasteiger partial charge is 0.352 e. The van der Waals surface area contributed by atoms with E-state index >= 15 is 0 Å². The van der Waals surface area contributed by atoms with Crippen molar-refractivity contribution in [2.45, 2.75) is 6.54 Å². The molecule has 0 saturated heterocycles. The van der Waals surface area contributed by atoms with E-state index in [0.29, 0.717) is 19.6 Å². The maximum atomic E-state index is 10.5. The lowest BCUT2D eigenvalue weighted by atomic mass is 10.2. The Bertz CT molecular complexity index is 526. The molecule has 1 aromatic carbocycles. The van der Waals surface area contributed by atoms with E-state index in [4.69, 9.17) is 5.73 Å². The molecule has 2 amide bonds. The summed E-state index contributed by atoms with van der Waals surface area (Å²) in [5, 5.41) is 8.80. The Morgan fingerprint density at radius 3 is 2.79 bits per heavy atom. The van der Waals surface area contributed by atoms with Crippen LogP contribution in [0, 0.1) is 0 Å². The molecule has 0 saturated carbocycles. The van der Waals surface area contributed by atoms with Gasteiger partial charge >= 0.3 is 6.03 Å². The fourth-order valence-corrected chi connectivity index (χ4v) is 2.38. The van der Waals surface area contributed by atoms with E-state index in [0.717, 1.165) is 16.3 Å². The van der Waals surface area contributed by atoms with E-state index in [1.54, 1.807) is 11.3 Å². The first kappa shape index (κ1) is 13.5. The fraction of sp³-hybridized carbons (Fsp3) is 0.231. The van der Waals surface area contributed by atoms with Crippen LogP contribution in [0.3, 0.4) is 0 Å². The van der Waals surface area contributed by atoms with Crippen LogP contribution in [0.15, 0.2) is 35.7 Å². The number of primary amides is 1. The molecular formula is C13H16N4OS. The minimum absolute atomic E-state index is 0.498. The molecular weight excluding hydrogens is 260 g/mol. The molecule has 2 aromatic rings. The van der Waals surface area contributed by atoms with Crippen LogP contribution in [0.2, 0.25) is 0 Å². The number of thiazole rings is 1. The second kappa shape index (κ2) is 6.86. The zero-order valence-corrected chi connectivity index (χ0v) is 11.2. The van der Waals surface area contributed by atoms with Crippen LogP contribution < -0.4 is 16.4 Å². The van der Waals surface area contributed by atoms with Crippen molar-refractivity contribution in [3.8, 4) is 11.3 Å². The summed E-state index contributed by atoms with van der Waals surface area (Å²) < 4.78 is 0. The van der Waals surface area contributed by atoms with E-state index in [1.165, 1.54) is 0 Å². The van der Waals surface area contributed by atoms with Gasteiger partial charge in [-0.1, -0.05) is 30.3 Å². The quantitative estimate of drug-likeness (QED) is 0.701. The number of nitrogens with zero attached hydrogens (tertiary/aromatic N) is 1. The van der Waals surface area contributed by atoms with Gasteiger partial charge in [0.15, 0.2) is 0 Å². The molecule has 6 heteroatoms. The topological polar surface area (TPSA) is 80.0 Å². The zero-order chi connectivity index (χ0) is 13.5. The van der Waals surface area contributed by atoms with E-state index in [-0.39, 0.29) is 0 Å². The lowest BCUT2D eigenvalue weighted by molar-refractivity contribution is 0.249. The first-order valence-corrected chi connectivity index (χ1v) is 6.87. The average molecular weight is 276 g/mol. The standard InChI is InChI=1S/C13H16N4OS/c14-13(18)16-7-6-15-8-12-17-11(9-19-12)10-4-2-1-3-5-10/h1-5,9,15H,6-8H2,(H3,14,16,18). The molecule has 0 aliphatic heterocycles. The highest BCUT2D eigenvalue weighted by molar-refractivity contribution is 7.09. The van der Waals surface area contributed by atoms with E-state index in [9.17, 15) is 4.79 Å². The predicted molar refractivity (Wildman–Crippen MR) is 76.8 cm³/mol. The Morgan fingerprint density at radius 1 is 1.26 bits per heavy atom. The van der Waals surface area contributed by atoms with Crippen molar-refractivity contribution in [1.29, 1.82) is 0 Å². The molecule has 0 bridgehead atoms. The van der Waals surface area contributed by atoms with E-state index < -0.39 is 6.03 Å². The monoisotopic (exact) mass is 276 g/mol. The summed E-state index contributed by atoms with van der Waals surface area (Å²) >= 11 is 1.62. The van der Waals surface area contributed by atoms with Crippen molar-refractivity contribution < 1.29 is 4.79 Å². The molecule has 1 heterocycles. The molecule has 4 N–H and O–H groups in total. The van der Waals surface area contributed by atoms with Crippen LogP contribution in [-0.2, 0) is 6.54 Å². The third-order valence-corrected chi connectivity index (χ3v) is 3.35. The van der Waals surface area contributed by atoms with Crippen LogP contribution in [0.25, 0.3) is 11.3 Å². The summed E-state index contributed by atoms with van der Waals surface area (Å²) in [6.45, 7) is 1.88. The van der Waals surface area contributed by atoms with Crippen LogP contribution in [0.5, 0.6) is 0 Å². The molecule has 100 valence electrons. The van der Waals surface area contributed by atoms with Crippen molar-refractivity contribution >= 4 is 17.4 Å². The highest BCUT2D eigenvalue weighted by Gasteiger charge is 2.03. The summed E-state index contributed by atoms with van der Waals surface area (Å²) in [6.07, 6.45) is 0. The van der Waals surface area contributed by atoms with Gasteiger partial charge in [-0.05, 0) is 0 Å². The maximum Gasteiger partial charge on any atom is 0.312 e. The molecule has 1 aromatic heterocycles. The van der Waals surface area contributed by atoms with Crippen LogP contribution in [-0.4, -0.2) is 24.1 Å². The van der Waals surface area contributed by atoms with Gasteiger partial charge in [0.25, 0.3) is 0 Å². The zero-order valence-electron chi connectivity index (χ0n) is 10.4. The second-order valence-electron chi connectivity index (χ2n) is 3.96. The first-order valence-electron chi connectivity index (χ1n) is 5.99. The van der Waals surface area contributed by atoms with Gasteiger partial charge in [0.1, 0.15) is 5.01 Å². The number of carbonyl (C=O) groups is 1. The molecule has 0 atom stereocenters. The van der Waals surface area contributed by atoms with Gasteiger partial charge in [0.05, 0.1) is 5.69 Å². The number of hydrogen-bond acceptors (Lipinski definition) is 4. The van der Waals surface area contributed by atoms with Crippen molar-refractivity contribution in [2.75, 3.05) is 13.1 Å². The number of rotatable bonds is 6. The second-order valence-corrected chi connectivity index (χ2v) is 4.90. The fourth-order valence-electron chi connectivity index (χ4n) is 1.60. The number of amides is 2. The molecule has 0 spiro atoms. The summed E-state index contributed by atoms with van der Waals surface area (Å²) in [7, 11) is 0. The number of carbonyl (C=O) groups excluding carboxylic acids is 1. The molecule has 5 nitrogen and oxygen atoms in total. The predicted octanol–water partition coefficient (Wildman–Crippen LogP) is 1.57. The maximum absolute atomic E-state index is 10.5. The summed E-state index contributed by atoms with van der Waals surface area (Å²) in [4.78, 5) is 15.0. The lowest BCUT2D eigenvalue weighted by Gasteiger charge is -2.02. The van der Waals surface area contributed by atoms with E-state index in [1.807, 2.05) is 35.7 Å². The number of hydrogen-bond donors (Lipinski definition) is 3. The highest BCUT2D eigenvalue weighted by atomic mass is 32.1. The highest BCUT2D eigenvalue weighted by Crippen LogP contribution is 2.21. The van der Waals surface area contributed by atoms with Gasteiger partial charge in [-0.3, -0.25) is 0 Å². The molecule has 19 heavy (non-hydrogen) atoms. The molecule has 0 fully saturated rings. The number of nitrogens with two attached hydrogens (primary N) is 1. The van der Waals surface area contributed by atoms with Gasteiger partial charge in [-0.25, -0.2) is 9.78 Å². The Morgan fingerprint density at radius 2 is 2.05 bits per heavy atom. The molecule has 0 aliphatic carbocycles. The molecule has 0 radical (unpaired) electrons. The third kappa shape index (κ3) is 4.35. The normalized spacial score (nSPS) is 10.3. The van der Waals surface area contributed by atoms with Crippen LogP contribution >= 0.6 is 11.3 Å². The summed E-state index contributed by atoms with van der Waals surface area (Å²) in [5.74, 6) is 0. The smallest absolute Gasteiger partial charge is 0.312 e. The van der Waals surface area contributed by atoms with Gasteiger partial charge in [-0.15, -0.1) is 11.3 Å². The van der Waals surface area contributed by atoms with Crippen LogP contribution in [0.4, 0.5) is 4.79 Å². The van der Waals surface area contributed by atoms with Gasteiger partial charge in [0, 0.05) is 30.6 Å². The lowest BCUT2D eigenvalue weighted by Crippen LogP contribution is -2.35. The number of aromatic nitrogens is 1. The number of urea groups is 1. The minimum atomic E-state index is -0.498. The Balaban J connectivity index is 1.80. The SMILES string of the molecule is NC(=O)NCCNCc1nc(-c2ccccc2)cs1. The Hall–Kier alpha value is -1.92. The molecule has 2 rings (SSSR count). The summed E-state index contributed by atoms with van der Waals surface area (Å²) in [6, 6.07) is 9.59. The van der Waals surface area contributed by atoms with Crippen molar-refractivity contribution in [2.24, 2.45) is 5.73 Å². The summed E-state index contributed by atoms with van der Waals surface area (Å²) in [5.41, 5.74) is 7.09. The third-order valence-electron chi connectivity index (χ3n) is 2.50. The van der Waals surface area contributed by atoms with Gasteiger partial charge in [0.2, 0.25) is 0 Å². The van der Waals surface area contributed by atoms with Crippen molar-refractivity contribution in [3.63, 3.8) is 0 Å². The molecule has 0 aliphatic rings. The first-order chi connectivity index (χ1) is 9.25. The van der Waals surface area contributed by atoms with Gasteiger partial charge in [-0.2, -0.15) is 0 Å².